The fourth-order valence-corrected chi connectivity index (χ4v) is 5.53. The molecule has 6 heteroatoms. The van der Waals surface area contributed by atoms with Crippen molar-refractivity contribution in [2.24, 2.45) is 11.8 Å². The molecule has 0 aliphatic carbocycles. The molecule has 4 heterocycles. The Balaban J connectivity index is 1.50. The van der Waals surface area contributed by atoms with E-state index in [-0.39, 0.29) is 35.5 Å². The molecular weight excluding hydrogens is 390 g/mol. The van der Waals surface area contributed by atoms with Crippen LogP contribution in [0.2, 0.25) is 5.02 Å². The number of benzene rings is 2. The first-order valence-electron chi connectivity index (χ1n) is 9.78. The van der Waals surface area contributed by atoms with Crippen LogP contribution < -0.4 is 0 Å². The minimum absolute atomic E-state index is 0.0232. The van der Waals surface area contributed by atoms with E-state index < -0.39 is 12.3 Å². The quantitative estimate of drug-likeness (QED) is 0.713. The van der Waals surface area contributed by atoms with E-state index in [4.69, 9.17) is 21.1 Å². The van der Waals surface area contributed by atoms with E-state index in [0.717, 1.165) is 11.1 Å². The Hall–Kier alpha value is -2.47. The zero-order valence-electron chi connectivity index (χ0n) is 15.4. The van der Waals surface area contributed by atoms with Gasteiger partial charge in [-0.25, -0.2) is 0 Å². The Labute approximate surface area is 172 Å². The van der Waals surface area contributed by atoms with Crippen molar-refractivity contribution in [2.75, 3.05) is 6.61 Å². The summed E-state index contributed by atoms with van der Waals surface area (Å²) >= 11 is 6.01. The summed E-state index contributed by atoms with van der Waals surface area (Å²) in [5.41, 5.74) is 2.74. The second-order valence-electron chi connectivity index (χ2n) is 8.00. The molecule has 146 valence electrons. The van der Waals surface area contributed by atoms with Crippen LogP contribution in [0.3, 0.4) is 0 Å². The highest BCUT2D eigenvalue weighted by molar-refractivity contribution is 6.30. The summed E-state index contributed by atoms with van der Waals surface area (Å²) in [5.74, 6) is -0.681. The third-order valence-electron chi connectivity index (χ3n) is 6.60. The third-order valence-corrected chi connectivity index (χ3v) is 6.85. The summed E-state index contributed by atoms with van der Waals surface area (Å²) < 4.78 is 11.5. The lowest BCUT2D eigenvalue weighted by molar-refractivity contribution is -0.164. The molecule has 3 saturated heterocycles. The molecule has 0 radical (unpaired) electrons. The molecule has 29 heavy (non-hydrogen) atoms. The van der Waals surface area contributed by atoms with Crippen LogP contribution in [0.1, 0.15) is 27.5 Å². The van der Waals surface area contributed by atoms with Crippen molar-refractivity contribution in [1.82, 2.24) is 4.90 Å². The van der Waals surface area contributed by atoms with Crippen LogP contribution >= 0.6 is 11.6 Å². The standard InChI is InChI=1S/C23H18ClNO4/c24-14-7-5-13(6-8-14)21(26)20-17-16-11-28-23(29-16)22(27)18(17)19-15-4-2-1-3-12(15)9-10-25(19)20/h1-10,16-20,23H,11H2/t16-,17-,18+,19+,20-,23-/m1/s1. The molecule has 6 atom stereocenters. The van der Waals surface area contributed by atoms with Gasteiger partial charge in [-0.15, -0.1) is 0 Å². The zero-order valence-corrected chi connectivity index (χ0v) is 16.2. The first-order valence-corrected chi connectivity index (χ1v) is 10.2. The molecule has 6 rings (SSSR count). The van der Waals surface area contributed by atoms with E-state index in [9.17, 15) is 9.59 Å². The lowest BCUT2D eigenvalue weighted by atomic mass is 9.75. The van der Waals surface area contributed by atoms with E-state index in [1.807, 2.05) is 36.5 Å². The van der Waals surface area contributed by atoms with Gasteiger partial charge >= 0.3 is 0 Å². The van der Waals surface area contributed by atoms with Crippen LogP contribution in [0.4, 0.5) is 0 Å². The highest BCUT2D eigenvalue weighted by Crippen LogP contribution is 2.54. The number of hydrogen-bond donors (Lipinski definition) is 0. The Morgan fingerprint density at radius 3 is 2.72 bits per heavy atom. The lowest BCUT2D eigenvalue weighted by Crippen LogP contribution is -2.48. The highest BCUT2D eigenvalue weighted by Gasteiger charge is 2.63. The summed E-state index contributed by atoms with van der Waals surface area (Å²) in [6.45, 7) is 0.341. The number of halogens is 1. The number of carbonyl (C=O) groups excluding carboxylic acids is 2. The normalized spacial score (nSPS) is 34.0. The topological polar surface area (TPSA) is 55.8 Å². The van der Waals surface area contributed by atoms with Gasteiger partial charge in [0.1, 0.15) is 0 Å². The molecule has 0 spiro atoms. The van der Waals surface area contributed by atoms with Crippen molar-refractivity contribution in [1.29, 1.82) is 0 Å². The first kappa shape index (κ1) is 17.4. The second kappa shape index (κ2) is 6.26. The van der Waals surface area contributed by atoms with Gasteiger partial charge in [-0.1, -0.05) is 35.9 Å². The monoisotopic (exact) mass is 407 g/mol. The average Bonchev–Trinajstić information content (AvgIpc) is 3.33. The SMILES string of the molecule is O=C1[C@@H]2OC[C@@H](O2)[C@@H]2[C@H]1[C@@H]1c3ccccc3C=CN1[C@H]2C(=O)c1ccc(Cl)cc1. The van der Waals surface area contributed by atoms with Gasteiger partial charge in [-0.2, -0.15) is 0 Å². The maximum absolute atomic E-state index is 13.6. The van der Waals surface area contributed by atoms with Crippen molar-refractivity contribution >= 4 is 29.2 Å². The van der Waals surface area contributed by atoms with E-state index in [2.05, 4.69) is 4.90 Å². The van der Waals surface area contributed by atoms with E-state index in [1.54, 1.807) is 24.3 Å². The minimum atomic E-state index is -0.814. The van der Waals surface area contributed by atoms with Gasteiger partial charge in [0, 0.05) is 22.7 Å². The van der Waals surface area contributed by atoms with Crippen molar-refractivity contribution < 1.29 is 19.1 Å². The van der Waals surface area contributed by atoms with Gasteiger partial charge in [0.05, 0.1) is 30.7 Å². The molecule has 0 amide bonds. The summed E-state index contributed by atoms with van der Waals surface area (Å²) in [7, 11) is 0. The molecule has 2 aromatic carbocycles. The van der Waals surface area contributed by atoms with Crippen LogP contribution in [0, 0.1) is 11.8 Å². The fourth-order valence-electron chi connectivity index (χ4n) is 5.40. The molecule has 4 aliphatic rings. The third kappa shape index (κ3) is 2.41. The minimum Gasteiger partial charge on any atom is -0.359 e. The van der Waals surface area contributed by atoms with Gasteiger partial charge < -0.3 is 14.4 Å². The maximum Gasteiger partial charge on any atom is 0.218 e. The van der Waals surface area contributed by atoms with Gasteiger partial charge in [0.25, 0.3) is 0 Å². The van der Waals surface area contributed by atoms with E-state index in [1.165, 1.54) is 0 Å². The highest BCUT2D eigenvalue weighted by atomic mass is 35.5. The predicted molar refractivity (Wildman–Crippen MR) is 106 cm³/mol. The van der Waals surface area contributed by atoms with Gasteiger partial charge in [-0.05, 0) is 41.5 Å². The van der Waals surface area contributed by atoms with Crippen LogP contribution in [0.5, 0.6) is 0 Å². The van der Waals surface area contributed by atoms with Crippen molar-refractivity contribution in [3.8, 4) is 0 Å². The predicted octanol–water partition coefficient (Wildman–Crippen LogP) is 3.49. The first-order chi connectivity index (χ1) is 14.1. The van der Waals surface area contributed by atoms with Gasteiger partial charge in [-0.3, -0.25) is 9.59 Å². The van der Waals surface area contributed by atoms with Crippen LogP contribution in [0.15, 0.2) is 54.7 Å². The summed E-state index contributed by atoms with van der Waals surface area (Å²) in [5, 5.41) is 0.582. The fraction of sp³-hybridized carbons (Fsp3) is 0.304. The second-order valence-corrected chi connectivity index (χ2v) is 8.43. The number of Topliss-reactive ketones (excluding diaryl/α,β-unsaturated/α-hetero) is 2. The molecule has 0 saturated carbocycles. The molecule has 2 aromatic rings. The molecule has 2 bridgehead atoms. The van der Waals surface area contributed by atoms with Crippen LogP contribution in [-0.2, 0) is 14.3 Å². The smallest absolute Gasteiger partial charge is 0.218 e. The average molecular weight is 408 g/mol. The molecular formula is C23H18ClNO4. The Kier molecular flexibility index (Phi) is 3.76. The van der Waals surface area contributed by atoms with Crippen molar-refractivity contribution in [2.45, 2.75) is 24.5 Å². The zero-order chi connectivity index (χ0) is 19.7. The Bertz CT molecular complexity index is 1050. The number of rotatable bonds is 2. The van der Waals surface area contributed by atoms with Crippen molar-refractivity contribution in [3.63, 3.8) is 0 Å². The number of ketones is 2. The summed E-state index contributed by atoms with van der Waals surface area (Å²) in [6, 6.07) is 14.3. The molecule has 3 fully saturated rings. The number of hydrogen-bond acceptors (Lipinski definition) is 5. The van der Waals surface area contributed by atoms with E-state index >= 15 is 0 Å². The molecule has 0 N–H and O–H groups in total. The molecule has 5 nitrogen and oxygen atoms in total. The van der Waals surface area contributed by atoms with Gasteiger partial charge in [0.2, 0.25) is 6.29 Å². The number of carbonyl (C=O) groups is 2. The largest absolute Gasteiger partial charge is 0.359 e. The summed E-state index contributed by atoms with van der Waals surface area (Å²) in [4.78, 5) is 29.0. The molecule has 0 aromatic heterocycles. The van der Waals surface area contributed by atoms with Gasteiger partial charge in [0.15, 0.2) is 11.6 Å². The van der Waals surface area contributed by atoms with Crippen LogP contribution in [-0.4, -0.2) is 41.5 Å². The maximum atomic E-state index is 13.6. The van der Waals surface area contributed by atoms with Crippen molar-refractivity contribution in [3.05, 3.63) is 76.4 Å². The molecule has 0 unspecified atom stereocenters. The number of nitrogens with zero attached hydrogens (tertiary/aromatic N) is 1. The lowest BCUT2D eigenvalue weighted by Gasteiger charge is -2.34. The summed E-state index contributed by atoms with van der Waals surface area (Å²) in [6.07, 6.45) is 2.90. The molecule has 4 aliphatic heterocycles. The van der Waals surface area contributed by atoms with Crippen LogP contribution in [0.25, 0.3) is 6.08 Å². The van der Waals surface area contributed by atoms with E-state index in [0.29, 0.717) is 17.2 Å². The Morgan fingerprint density at radius 2 is 1.90 bits per heavy atom. The number of ether oxygens (including phenoxy) is 2. The Morgan fingerprint density at radius 1 is 1.10 bits per heavy atom. The number of fused-ring (bicyclic) bond motifs is 8.